The topological polar surface area (TPSA) is 72.2 Å². The number of carbonyl (C=O) groups is 2. The van der Waals surface area contributed by atoms with Crippen molar-refractivity contribution in [1.29, 1.82) is 0 Å². The summed E-state index contributed by atoms with van der Waals surface area (Å²) in [5, 5.41) is 3.55. The third-order valence-corrected chi connectivity index (χ3v) is 5.14. The summed E-state index contributed by atoms with van der Waals surface area (Å²) in [5.41, 5.74) is 7.09. The van der Waals surface area contributed by atoms with Crippen LogP contribution in [0.4, 0.5) is 5.00 Å². The van der Waals surface area contributed by atoms with Crippen LogP contribution in [-0.2, 0) is 17.6 Å². The Balaban J connectivity index is 1.91. The van der Waals surface area contributed by atoms with E-state index < -0.39 is 5.91 Å². The molecule has 5 heteroatoms. The Morgan fingerprint density at radius 2 is 1.95 bits per heavy atom. The fourth-order valence-corrected chi connectivity index (χ4v) is 4.14. The van der Waals surface area contributed by atoms with Crippen molar-refractivity contribution in [2.24, 2.45) is 5.73 Å². The third-order valence-electron chi connectivity index (χ3n) is 3.93. The van der Waals surface area contributed by atoms with E-state index >= 15 is 0 Å². The second-order valence-corrected chi connectivity index (χ2v) is 6.74. The molecule has 1 aromatic heterocycles. The largest absolute Gasteiger partial charge is 0.365 e. The van der Waals surface area contributed by atoms with Crippen molar-refractivity contribution in [1.82, 2.24) is 0 Å². The number of hydrogen-bond donors (Lipinski definition) is 2. The first kappa shape index (κ1) is 16.0. The molecule has 0 aromatic carbocycles. The van der Waals surface area contributed by atoms with Crippen LogP contribution in [0, 0.1) is 0 Å². The molecule has 2 rings (SSSR count). The van der Waals surface area contributed by atoms with E-state index in [1.54, 1.807) is 0 Å². The molecule has 1 aromatic rings. The van der Waals surface area contributed by atoms with E-state index in [2.05, 4.69) is 12.2 Å². The number of hydrogen-bond acceptors (Lipinski definition) is 3. The highest BCUT2D eigenvalue weighted by Gasteiger charge is 2.25. The Morgan fingerprint density at radius 3 is 2.67 bits per heavy atom. The number of anilines is 1. The fourth-order valence-electron chi connectivity index (χ4n) is 2.83. The lowest BCUT2D eigenvalue weighted by Crippen LogP contribution is -2.17. The van der Waals surface area contributed by atoms with E-state index in [-0.39, 0.29) is 5.91 Å². The highest BCUT2D eigenvalue weighted by Crippen LogP contribution is 2.38. The van der Waals surface area contributed by atoms with Crippen molar-refractivity contribution >= 4 is 28.2 Å². The molecular formula is C16H24N2O2S. The van der Waals surface area contributed by atoms with Gasteiger partial charge in [-0.3, -0.25) is 9.59 Å². The number of unbranched alkanes of at least 4 members (excludes halogenated alkanes) is 4. The molecule has 0 saturated heterocycles. The zero-order valence-electron chi connectivity index (χ0n) is 12.7. The maximum absolute atomic E-state index is 12.0. The van der Waals surface area contributed by atoms with E-state index in [1.165, 1.54) is 35.5 Å². The fraction of sp³-hybridized carbons (Fsp3) is 0.625. The summed E-state index contributed by atoms with van der Waals surface area (Å²) in [4.78, 5) is 24.8. The van der Waals surface area contributed by atoms with Gasteiger partial charge in [-0.15, -0.1) is 11.3 Å². The van der Waals surface area contributed by atoms with Gasteiger partial charge in [0.2, 0.25) is 5.91 Å². The van der Waals surface area contributed by atoms with Crippen molar-refractivity contribution < 1.29 is 9.59 Å². The lowest BCUT2D eigenvalue weighted by Gasteiger charge is -2.06. The van der Waals surface area contributed by atoms with Gasteiger partial charge in [-0.1, -0.05) is 32.6 Å². The van der Waals surface area contributed by atoms with Gasteiger partial charge >= 0.3 is 0 Å². The van der Waals surface area contributed by atoms with Gasteiger partial charge in [-0.2, -0.15) is 0 Å². The zero-order valence-corrected chi connectivity index (χ0v) is 13.5. The zero-order chi connectivity index (χ0) is 15.2. The highest BCUT2D eigenvalue weighted by molar-refractivity contribution is 7.17. The number of amides is 2. The Kier molecular flexibility index (Phi) is 5.79. The molecule has 1 heterocycles. The van der Waals surface area contributed by atoms with E-state index in [9.17, 15) is 9.59 Å². The number of thiophene rings is 1. The maximum atomic E-state index is 12.0. The van der Waals surface area contributed by atoms with E-state index in [1.807, 2.05) is 0 Å². The molecule has 0 radical (unpaired) electrons. The standard InChI is InChI=1S/C16H24N2O2S/c1-2-3-4-5-6-10-13(19)18-16-14(15(17)20)11-8-7-9-12(11)21-16/h2-10H2,1H3,(H2,17,20)(H,18,19). The summed E-state index contributed by atoms with van der Waals surface area (Å²) < 4.78 is 0. The molecule has 1 aliphatic carbocycles. The van der Waals surface area contributed by atoms with Gasteiger partial charge in [-0.05, 0) is 31.2 Å². The number of nitrogens with one attached hydrogen (secondary N) is 1. The van der Waals surface area contributed by atoms with Gasteiger partial charge in [0.05, 0.1) is 5.56 Å². The number of primary amides is 1. The van der Waals surface area contributed by atoms with Crippen molar-refractivity contribution in [2.75, 3.05) is 5.32 Å². The first-order valence-corrected chi connectivity index (χ1v) is 8.69. The predicted molar refractivity (Wildman–Crippen MR) is 86.9 cm³/mol. The SMILES string of the molecule is CCCCCCCC(=O)Nc1sc2c(c1C(N)=O)CCC2. The van der Waals surface area contributed by atoms with Crippen LogP contribution in [0.3, 0.4) is 0 Å². The van der Waals surface area contributed by atoms with Gasteiger partial charge < -0.3 is 11.1 Å². The van der Waals surface area contributed by atoms with E-state index in [0.717, 1.165) is 37.7 Å². The normalized spacial score (nSPS) is 13.2. The quantitative estimate of drug-likeness (QED) is 0.720. The first-order chi connectivity index (χ1) is 10.1. The van der Waals surface area contributed by atoms with Crippen LogP contribution in [0.1, 0.15) is 72.7 Å². The molecule has 0 aliphatic heterocycles. The number of rotatable bonds is 8. The minimum absolute atomic E-state index is 0.00563. The summed E-state index contributed by atoms with van der Waals surface area (Å²) in [6.45, 7) is 2.17. The summed E-state index contributed by atoms with van der Waals surface area (Å²) >= 11 is 1.52. The summed E-state index contributed by atoms with van der Waals surface area (Å²) in [6.07, 6.45) is 9.10. The second-order valence-electron chi connectivity index (χ2n) is 5.64. The highest BCUT2D eigenvalue weighted by atomic mass is 32.1. The number of carbonyl (C=O) groups excluding carboxylic acids is 2. The lowest BCUT2D eigenvalue weighted by molar-refractivity contribution is -0.116. The molecule has 0 unspecified atom stereocenters. The minimum atomic E-state index is -0.423. The maximum Gasteiger partial charge on any atom is 0.251 e. The first-order valence-electron chi connectivity index (χ1n) is 7.87. The van der Waals surface area contributed by atoms with Crippen molar-refractivity contribution in [3.05, 3.63) is 16.0 Å². The van der Waals surface area contributed by atoms with E-state index in [4.69, 9.17) is 5.73 Å². The van der Waals surface area contributed by atoms with Gasteiger partial charge in [-0.25, -0.2) is 0 Å². The Bertz CT molecular complexity index is 523. The summed E-state index contributed by atoms with van der Waals surface area (Å²) in [7, 11) is 0. The molecule has 3 N–H and O–H groups in total. The lowest BCUT2D eigenvalue weighted by atomic mass is 10.1. The van der Waals surface area contributed by atoms with Crippen LogP contribution in [0.25, 0.3) is 0 Å². The molecule has 0 saturated carbocycles. The van der Waals surface area contributed by atoms with Gasteiger partial charge in [0.25, 0.3) is 5.91 Å². The molecule has 0 fully saturated rings. The van der Waals surface area contributed by atoms with Crippen LogP contribution in [0.5, 0.6) is 0 Å². The minimum Gasteiger partial charge on any atom is -0.365 e. The second kappa shape index (κ2) is 7.59. The smallest absolute Gasteiger partial charge is 0.251 e. The molecule has 0 bridgehead atoms. The van der Waals surface area contributed by atoms with E-state index in [0.29, 0.717) is 17.0 Å². The molecule has 2 amide bonds. The Labute approximate surface area is 130 Å². The van der Waals surface area contributed by atoms with Crippen LogP contribution in [-0.4, -0.2) is 11.8 Å². The monoisotopic (exact) mass is 308 g/mol. The molecule has 0 spiro atoms. The Hall–Kier alpha value is -1.36. The number of fused-ring (bicyclic) bond motifs is 1. The third kappa shape index (κ3) is 4.06. The average Bonchev–Trinajstić information content (AvgIpc) is 2.98. The number of nitrogens with two attached hydrogens (primary N) is 1. The van der Waals surface area contributed by atoms with Gasteiger partial charge in [0.15, 0.2) is 0 Å². The molecule has 4 nitrogen and oxygen atoms in total. The van der Waals surface area contributed by atoms with Crippen molar-refractivity contribution in [2.45, 2.75) is 64.7 Å². The molecule has 1 aliphatic rings. The molecule has 0 atom stereocenters. The van der Waals surface area contributed by atoms with Crippen molar-refractivity contribution in [3.63, 3.8) is 0 Å². The summed E-state index contributed by atoms with van der Waals surface area (Å²) in [5.74, 6) is -0.429. The van der Waals surface area contributed by atoms with Crippen molar-refractivity contribution in [3.8, 4) is 0 Å². The van der Waals surface area contributed by atoms with Crippen LogP contribution in [0.15, 0.2) is 0 Å². The summed E-state index contributed by atoms with van der Waals surface area (Å²) in [6, 6.07) is 0. The van der Waals surface area contributed by atoms with Gasteiger partial charge in [0.1, 0.15) is 5.00 Å². The van der Waals surface area contributed by atoms with Crippen LogP contribution in [0.2, 0.25) is 0 Å². The molecule has 116 valence electrons. The van der Waals surface area contributed by atoms with Crippen LogP contribution < -0.4 is 11.1 Å². The van der Waals surface area contributed by atoms with Gasteiger partial charge in [0, 0.05) is 11.3 Å². The number of aryl methyl sites for hydroxylation is 1. The molecule has 21 heavy (non-hydrogen) atoms. The Morgan fingerprint density at radius 1 is 1.19 bits per heavy atom. The average molecular weight is 308 g/mol. The predicted octanol–water partition coefficient (Wildman–Crippen LogP) is 3.63. The molecular weight excluding hydrogens is 284 g/mol. The van der Waals surface area contributed by atoms with Crippen LogP contribution >= 0.6 is 11.3 Å².